The van der Waals surface area contributed by atoms with Crippen molar-refractivity contribution < 1.29 is 72.9 Å². The molecule has 0 radical (unpaired) electrons. The average Bonchev–Trinajstić information content (AvgIpc) is 3.33. The molecule has 77 heavy (non-hydrogen) atoms. The Bertz CT molecular complexity index is 2130. The number of aliphatic hydroxyl groups is 1. The summed E-state index contributed by atoms with van der Waals surface area (Å²) in [5.74, 6) is -5.68. The molecule has 0 aromatic carbocycles. The molecule has 25 heteroatoms. The minimum absolute atomic E-state index is 0.0148. The molecule has 0 aliphatic carbocycles. The number of aliphatic hydroxyl groups excluding tert-OH is 1. The first kappa shape index (κ1) is 68.3. The van der Waals surface area contributed by atoms with E-state index in [1.165, 1.54) is 20.8 Å². The number of nitrogens with one attached hydrogen (secondary N) is 9. The number of amides is 9. The van der Waals surface area contributed by atoms with Crippen LogP contribution in [0.15, 0.2) is 0 Å². The summed E-state index contributed by atoms with van der Waals surface area (Å²) in [6.45, 7) is 13.4. The van der Waals surface area contributed by atoms with Gasteiger partial charge in [0, 0.05) is 12.8 Å². The highest BCUT2D eigenvalue weighted by Crippen LogP contribution is 2.21. The summed E-state index contributed by atoms with van der Waals surface area (Å²) < 4.78 is 0. The fraction of sp³-hybridized carbons (Fsp3) is 0.731. The van der Waals surface area contributed by atoms with Crippen LogP contribution in [0.5, 0.6) is 0 Å². The van der Waals surface area contributed by atoms with Crippen LogP contribution in [0.3, 0.4) is 0 Å². The molecular formula is C52H86N10O15. The zero-order chi connectivity index (χ0) is 58.6. The number of carbonyl (C=O) groups excluding carboxylic acids is 10. The van der Waals surface area contributed by atoms with Crippen molar-refractivity contribution in [2.24, 2.45) is 23.5 Å². The lowest BCUT2D eigenvalue weighted by Crippen LogP contribution is -2.65. The number of nitrogens with two attached hydrogens (primary N) is 1. The molecule has 0 fully saturated rings. The van der Waals surface area contributed by atoms with Gasteiger partial charge >= 0.3 is 11.9 Å². The van der Waals surface area contributed by atoms with E-state index in [0.717, 1.165) is 0 Å². The van der Waals surface area contributed by atoms with Gasteiger partial charge in [0.1, 0.15) is 59.7 Å². The molecule has 0 aromatic heterocycles. The predicted octanol–water partition coefficient (Wildman–Crippen LogP) is -0.695. The number of carboxylic acid groups (broad SMARTS) is 2. The molecule has 0 aromatic rings. The molecule has 0 unspecified atom stereocenters. The second-order valence-electron chi connectivity index (χ2n) is 21.4. The molecular weight excluding hydrogens is 1000 g/mol. The molecule has 9 atom stereocenters. The second kappa shape index (κ2) is 34.2. The normalized spacial score (nSPS) is 22.2. The summed E-state index contributed by atoms with van der Waals surface area (Å²) in [5.41, 5.74) is 2.14. The Morgan fingerprint density at radius 3 is 1.70 bits per heavy atom. The number of hydrogen-bond acceptors (Lipinski definition) is 14. The van der Waals surface area contributed by atoms with Gasteiger partial charge < -0.3 is 73.7 Å². The smallest absolute Gasteiger partial charge is 0.305 e. The lowest BCUT2D eigenvalue weighted by atomic mass is 9.90. The van der Waals surface area contributed by atoms with Gasteiger partial charge in [0.2, 0.25) is 53.2 Å². The van der Waals surface area contributed by atoms with Crippen molar-refractivity contribution in [3.63, 3.8) is 0 Å². The first-order chi connectivity index (χ1) is 36.0. The van der Waals surface area contributed by atoms with Crippen LogP contribution in [0, 0.1) is 29.6 Å². The molecule has 14 N–H and O–H groups in total. The minimum atomic E-state index is -1.92. The van der Waals surface area contributed by atoms with Crippen molar-refractivity contribution >= 4 is 71.4 Å². The van der Waals surface area contributed by atoms with E-state index in [1.54, 1.807) is 41.5 Å². The summed E-state index contributed by atoms with van der Waals surface area (Å²) in [4.78, 5) is 159. The Morgan fingerprint density at radius 1 is 0.662 bits per heavy atom. The van der Waals surface area contributed by atoms with Gasteiger partial charge in [0.25, 0.3) is 0 Å². The molecule has 1 rings (SSSR count). The van der Waals surface area contributed by atoms with Crippen LogP contribution in [0.4, 0.5) is 0 Å². The number of carboxylic acids is 2. The van der Waals surface area contributed by atoms with E-state index >= 15 is 0 Å². The van der Waals surface area contributed by atoms with E-state index < -0.39 is 144 Å². The van der Waals surface area contributed by atoms with Crippen molar-refractivity contribution in [3.8, 4) is 11.8 Å². The van der Waals surface area contributed by atoms with E-state index in [9.17, 15) is 72.9 Å². The SMILES string of the molecule is CC(C)C[C@H](NC(=O)[C@H](CC(=O)O)NC(=O)[C@H](CC(C)C)NC(=O)[C@]1(C)CCCCCC#CCCCCC[C@](C)(NC(=O)CN)C(=O)N[C@@H](CC(C)C)C(=O)N[C@@H](CC(=O)O)C(=O)N1)C(=O)N[C@@H](C)C(=O)N[C@H](C=O)CO. The van der Waals surface area contributed by atoms with Crippen molar-refractivity contribution in [3.05, 3.63) is 0 Å². The zero-order valence-electron chi connectivity index (χ0n) is 46.2. The van der Waals surface area contributed by atoms with Crippen LogP contribution >= 0.6 is 0 Å². The molecule has 0 bridgehead atoms. The number of aliphatic carboxylic acids is 2. The number of hydrogen-bond donors (Lipinski definition) is 13. The Morgan fingerprint density at radius 2 is 1.19 bits per heavy atom. The van der Waals surface area contributed by atoms with E-state index in [0.29, 0.717) is 57.7 Å². The standard InChI is InChI=1S/C52H86N10O15/c1-30(2)22-35(44(71)54-33(7)43(70)55-34(28-63)29-64)56-47(74)38(25-41(66)67)57-45(72)36(23-31(3)4)60-50(77)52(9)21-19-17-15-13-11-10-12-14-16-18-20-51(8,61-40(65)27-53)49(76)59-37(24-32(5)6)46(73)58-39(26-42(68)69)48(75)62-52/h28,30-39,64H,12-27,29,53H2,1-9H3,(H,54,71)(H,55,70)(H,56,74)(H,57,72)(H,58,73)(H,59,76)(H,60,77)(H,61,65)(H,62,75)(H,66,67)(H,68,69)/t33-,34+,35-,36-,37-,38-,39-,51-,52-/m0/s1. The average molecular weight is 1090 g/mol. The van der Waals surface area contributed by atoms with Crippen LogP contribution in [0.25, 0.3) is 0 Å². The first-order valence-electron chi connectivity index (χ1n) is 26.4. The summed E-state index contributed by atoms with van der Waals surface area (Å²) in [6, 6.07) is -10.3. The summed E-state index contributed by atoms with van der Waals surface area (Å²) in [6.07, 6.45) is 2.74. The fourth-order valence-electron chi connectivity index (χ4n) is 8.24. The Balaban J connectivity index is 3.71. The molecule has 0 saturated carbocycles. The van der Waals surface area contributed by atoms with Crippen molar-refractivity contribution in [2.75, 3.05) is 13.2 Å². The zero-order valence-corrected chi connectivity index (χ0v) is 46.2. The third-order valence-electron chi connectivity index (χ3n) is 12.5. The molecule has 0 spiro atoms. The van der Waals surface area contributed by atoms with Crippen LogP contribution in [-0.4, -0.2) is 153 Å². The molecule has 1 aliphatic heterocycles. The highest BCUT2D eigenvalue weighted by molar-refractivity contribution is 6.00. The van der Waals surface area contributed by atoms with E-state index in [4.69, 9.17) is 5.73 Å². The summed E-state index contributed by atoms with van der Waals surface area (Å²) in [7, 11) is 0. The van der Waals surface area contributed by atoms with Gasteiger partial charge in [-0.3, -0.25) is 52.7 Å². The summed E-state index contributed by atoms with van der Waals surface area (Å²) >= 11 is 0. The third-order valence-corrected chi connectivity index (χ3v) is 12.5. The minimum Gasteiger partial charge on any atom is -0.481 e. The fourth-order valence-corrected chi connectivity index (χ4v) is 8.24. The summed E-state index contributed by atoms with van der Waals surface area (Å²) in [5, 5.41) is 51.6. The van der Waals surface area contributed by atoms with E-state index in [1.807, 2.05) is 0 Å². The maximum atomic E-state index is 14.6. The topological polar surface area (TPSA) is 400 Å². The molecule has 0 saturated heterocycles. The Labute approximate surface area is 451 Å². The van der Waals surface area contributed by atoms with Crippen LogP contribution in [0.2, 0.25) is 0 Å². The lowest BCUT2D eigenvalue weighted by molar-refractivity contribution is -0.143. The molecule has 1 heterocycles. The monoisotopic (exact) mass is 1090 g/mol. The van der Waals surface area contributed by atoms with Gasteiger partial charge in [-0.15, -0.1) is 11.8 Å². The van der Waals surface area contributed by atoms with Crippen LogP contribution in [0.1, 0.15) is 159 Å². The van der Waals surface area contributed by atoms with Gasteiger partial charge in [0.15, 0.2) is 0 Å². The third kappa shape index (κ3) is 25.8. The Kier molecular flexibility index (Phi) is 30.3. The van der Waals surface area contributed by atoms with Crippen molar-refractivity contribution in [1.29, 1.82) is 0 Å². The van der Waals surface area contributed by atoms with Gasteiger partial charge in [-0.05, 0) is 83.5 Å². The van der Waals surface area contributed by atoms with Crippen molar-refractivity contribution in [1.82, 2.24) is 47.9 Å². The number of carbonyl (C=O) groups is 12. The maximum absolute atomic E-state index is 14.6. The van der Waals surface area contributed by atoms with Crippen LogP contribution < -0.4 is 53.6 Å². The van der Waals surface area contributed by atoms with Gasteiger partial charge in [0.05, 0.1) is 26.0 Å². The van der Waals surface area contributed by atoms with E-state index in [2.05, 4.69) is 59.7 Å². The van der Waals surface area contributed by atoms with Gasteiger partial charge in [-0.25, -0.2) is 0 Å². The molecule has 1 aliphatic rings. The predicted molar refractivity (Wildman–Crippen MR) is 281 cm³/mol. The highest BCUT2D eigenvalue weighted by Gasteiger charge is 2.42. The highest BCUT2D eigenvalue weighted by atomic mass is 16.4. The van der Waals surface area contributed by atoms with E-state index in [-0.39, 0.29) is 49.9 Å². The van der Waals surface area contributed by atoms with Crippen LogP contribution in [-0.2, 0) is 57.5 Å². The molecule has 434 valence electrons. The largest absolute Gasteiger partial charge is 0.481 e. The first-order valence-corrected chi connectivity index (χ1v) is 26.4. The van der Waals surface area contributed by atoms with Gasteiger partial charge in [-0.2, -0.15) is 0 Å². The Hall–Kier alpha value is -6.68. The quantitative estimate of drug-likeness (QED) is 0.0420. The molecule has 25 nitrogen and oxygen atoms in total. The van der Waals surface area contributed by atoms with Gasteiger partial charge in [-0.1, -0.05) is 67.2 Å². The van der Waals surface area contributed by atoms with Crippen molar-refractivity contribution in [2.45, 2.75) is 212 Å². The lowest BCUT2D eigenvalue weighted by Gasteiger charge is -2.34. The molecule has 9 amide bonds. The number of rotatable bonds is 24. The second-order valence-corrected chi connectivity index (χ2v) is 21.4. The maximum Gasteiger partial charge on any atom is 0.305 e. The number of aldehydes is 1.